The molecule has 0 aliphatic rings. The van der Waals surface area contributed by atoms with E-state index in [1.165, 1.54) is 10.9 Å². The smallest absolute Gasteiger partial charge is 0.361 e. The van der Waals surface area contributed by atoms with E-state index >= 15 is 0 Å². The summed E-state index contributed by atoms with van der Waals surface area (Å²) in [6.07, 6.45) is 2.32. The summed E-state index contributed by atoms with van der Waals surface area (Å²) in [5, 5.41) is 6.39. The van der Waals surface area contributed by atoms with Crippen molar-refractivity contribution < 1.29 is 18.8 Å². The summed E-state index contributed by atoms with van der Waals surface area (Å²) in [5.41, 5.74) is 0.754. The normalized spacial score (nSPS) is 12.0. The molecule has 1 aromatic carbocycles. The van der Waals surface area contributed by atoms with E-state index in [4.69, 9.17) is 9.26 Å². The zero-order chi connectivity index (χ0) is 21.0. The molecule has 0 radical (unpaired) electrons. The first-order valence-electron chi connectivity index (χ1n) is 9.44. The third kappa shape index (κ3) is 3.89. The van der Waals surface area contributed by atoms with Crippen LogP contribution in [-0.4, -0.2) is 33.2 Å². The predicted molar refractivity (Wildman–Crippen MR) is 106 cm³/mol. The van der Waals surface area contributed by atoms with E-state index in [9.17, 15) is 14.4 Å². The lowest BCUT2D eigenvalue weighted by Gasteiger charge is -2.18. The molecule has 29 heavy (non-hydrogen) atoms. The van der Waals surface area contributed by atoms with Gasteiger partial charge in [-0.2, -0.15) is 0 Å². The van der Waals surface area contributed by atoms with Gasteiger partial charge in [-0.05, 0) is 31.4 Å². The minimum absolute atomic E-state index is 0.0825. The second kappa shape index (κ2) is 8.68. The average Bonchev–Trinajstić information content (AvgIpc) is 3.16. The summed E-state index contributed by atoms with van der Waals surface area (Å²) in [6.45, 7) is 5.54. The van der Waals surface area contributed by atoms with Crippen molar-refractivity contribution in [3.63, 3.8) is 0 Å². The molecule has 0 saturated heterocycles. The minimum Gasteiger partial charge on any atom is -0.461 e. The van der Waals surface area contributed by atoms with Crippen molar-refractivity contribution in [2.24, 2.45) is 0 Å². The summed E-state index contributed by atoms with van der Waals surface area (Å²) in [4.78, 5) is 42.1. The number of benzene rings is 1. The summed E-state index contributed by atoms with van der Waals surface area (Å²) < 4.78 is 11.1. The first kappa shape index (κ1) is 20.2. The van der Waals surface area contributed by atoms with E-state index in [1.54, 1.807) is 13.8 Å². The van der Waals surface area contributed by atoms with Crippen LogP contribution in [0.2, 0.25) is 0 Å². The van der Waals surface area contributed by atoms with Crippen LogP contribution in [-0.2, 0) is 16.0 Å². The van der Waals surface area contributed by atoms with E-state index in [1.807, 2.05) is 31.2 Å². The number of nitrogens with zero attached hydrogens (tertiary/aromatic N) is 3. The van der Waals surface area contributed by atoms with Gasteiger partial charge in [0.25, 0.3) is 11.3 Å². The number of hydrogen-bond donors (Lipinski definition) is 1. The zero-order valence-electron chi connectivity index (χ0n) is 16.5. The SMILES string of the molecule is CCOC(=O)c1noc2ncn([C@@H](CC)C(=O)Nc3ccccc3CC)c(=O)c12. The van der Waals surface area contributed by atoms with Gasteiger partial charge in [-0.25, -0.2) is 9.78 Å². The van der Waals surface area contributed by atoms with Crippen LogP contribution in [0.3, 0.4) is 0 Å². The molecule has 3 rings (SSSR count). The van der Waals surface area contributed by atoms with Crippen molar-refractivity contribution in [1.29, 1.82) is 0 Å². The maximum atomic E-state index is 13.0. The molecule has 152 valence electrons. The third-order valence-electron chi connectivity index (χ3n) is 4.57. The lowest BCUT2D eigenvalue weighted by atomic mass is 10.1. The number of fused-ring (bicyclic) bond motifs is 1. The molecule has 0 bridgehead atoms. The van der Waals surface area contributed by atoms with Crippen molar-refractivity contribution in [2.45, 2.75) is 39.7 Å². The largest absolute Gasteiger partial charge is 0.461 e. The highest BCUT2D eigenvalue weighted by molar-refractivity contribution is 6.00. The van der Waals surface area contributed by atoms with Crippen LogP contribution < -0.4 is 10.9 Å². The maximum absolute atomic E-state index is 13.0. The fraction of sp³-hybridized carbons (Fsp3) is 0.350. The summed E-state index contributed by atoms with van der Waals surface area (Å²) in [5.74, 6) is -1.14. The van der Waals surface area contributed by atoms with Crippen molar-refractivity contribution in [1.82, 2.24) is 14.7 Å². The fourth-order valence-corrected chi connectivity index (χ4v) is 3.09. The molecule has 2 aromatic heterocycles. The predicted octanol–water partition coefficient (Wildman–Crippen LogP) is 2.71. The monoisotopic (exact) mass is 398 g/mol. The van der Waals surface area contributed by atoms with Crippen LogP contribution in [0.25, 0.3) is 11.1 Å². The second-order valence-electron chi connectivity index (χ2n) is 6.31. The molecule has 2 heterocycles. The van der Waals surface area contributed by atoms with Gasteiger partial charge in [0.1, 0.15) is 17.8 Å². The van der Waals surface area contributed by atoms with Crippen molar-refractivity contribution in [3.8, 4) is 0 Å². The number of rotatable bonds is 7. The number of aromatic nitrogens is 3. The lowest BCUT2D eigenvalue weighted by molar-refractivity contribution is -0.119. The number of nitrogens with one attached hydrogen (secondary N) is 1. The highest BCUT2D eigenvalue weighted by Gasteiger charge is 2.26. The molecule has 0 unspecified atom stereocenters. The molecule has 1 atom stereocenters. The topological polar surface area (TPSA) is 116 Å². The Kier molecular flexibility index (Phi) is 6.06. The number of anilines is 1. The van der Waals surface area contributed by atoms with Gasteiger partial charge < -0.3 is 14.6 Å². The molecule has 3 aromatic rings. The van der Waals surface area contributed by atoms with E-state index < -0.39 is 17.6 Å². The van der Waals surface area contributed by atoms with Crippen molar-refractivity contribution in [2.75, 3.05) is 11.9 Å². The third-order valence-corrected chi connectivity index (χ3v) is 4.57. The Bertz CT molecular complexity index is 1100. The molecule has 0 fully saturated rings. The first-order chi connectivity index (χ1) is 14.0. The Morgan fingerprint density at radius 3 is 2.69 bits per heavy atom. The Hall–Kier alpha value is -3.49. The Morgan fingerprint density at radius 1 is 1.24 bits per heavy atom. The number of hydrogen-bond acceptors (Lipinski definition) is 7. The minimum atomic E-state index is -0.825. The average molecular weight is 398 g/mol. The number of amides is 1. The fourth-order valence-electron chi connectivity index (χ4n) is 3.09. The summed E-state index contributed by atoms with van der Waals surface area (Å²) >= 11 is 0. The van der Waals surface area contributed by atoms with Crippen LogP contribution in [0.15, 0.2) is 39.9 Å². The van der Waals surface area contributed by atoms with Gasteiger partial charge in [0.2, 0.25) is 11.6 Å². The molecule has 0 saturated carbocycles. The number of carbonyl (C=O) groups is 2. The van der Waals surface area contributed by atoms with Crippen molar-refractivity contribution in [3.05, 3.63) is 52.2 Å². The van der Waals surface area contributed by atoms with E-state index in [0.717, 1.165) is 12.0 Å². The Labute approximate surface area is 166 Å². The molecule has 0 aliphatic heterocycles. The number of para-hydroxylation sites is 1. The van der Waals surface area contributed by atoms with Gasteiger partial charge in [0.05, 0.1) is 6.61 Å². The molecule has 0 aliphatic carbocycles. The number of aryl methyl sites for hydroxylation is 1. The molecular weight excluding hydrogens is 376 g/mol. The van der Waals surface area contributed by atoms with Gasteiger partial charge in [0, 0.05) is 5.69 Å². The Morgan fingerprint density at radius 2 is 2.00 bits per heavy atom. The van der Waals surface area contributed by atoms with E-state index in [2.05, 4.69) is 15.5 Å². The number of esters is 1. The number of carbonyl (C=O) groups excluding carboxylic acids is 2. The quantitative estimate of drug-likeness (QED) is 0.608. The highest BCUT2D eigenvalue weighted by Crippen LogP contribution is 2.20. The van der Waals surface area contributed by atoms with E-state index in [-0.39, 0.29) is 29.3 Å². The van der Waals surface area contributed by atoms with Crippen LogP contribution in [0.5, 0.6) is 0 Å². The van der Waals surface area contributed by atoms with Crippen LogP contribution in [0.1, 0.15) is 49.3 Å². The van der Waals surface area contributed by atoms with Gasteiger partial charge in [0.15, 0.2) is 0 Å². The number of ether oxygens (including phenoxy) is 1. The molecule has 1 N–H and O–H groups in total. The van der Waals surface area contributed by atoms with Crippen LogP contribution >= 0.6 is 0 Å². The van der Waals surface area contributed by atoms with Crippen LogP contribution in [0, 0.1) is 0 Å². The summed E-state index contributed by atoms with van der Waals surface area (Å²) in [7, 11) is 0. The highest BCUT2D eigenvalue weighted by atomic mass is 16.5. The maximum Gasteiger partial charge on any atom is 0.361 e. The van der Waals surface area contributed by atoms with Gasteiger partial charge in [-0.15, -0.1) is 0 Å². The summed E-state index contributed by atoms with van der Waals surface area (Å²) in [6, 6.07) is 6.65. The molecule has 9 heteroatoms. The van der Waals surface area contributed by atoms with Gasteiger partial charge >= 0.3 is 5.97 Å². The van der Waals surface area contributed by atoms with Gasteiger partial charge in [-0.1, -0.05) is 37.2 Å². The first-order valence-corrected chi connectivity index (χ1v) is 9.44. The van der Waals surface area contributed by atoms with Crippen LogP contribution in [0.4, 0.5) is 5.69 Å². The van der Waals surface area contributed by atoms with E-state index in [0.29, 0.717) is 12.1 Å². The second-order valence-corrected chi connectivity index (χ2v) is 6.31. The van der Waals surface area contributed by atoms with Crippen molar-refractivity contribution >= 4 is 28.7 Å². The molecular formula is C20H22N4O5. The Balaban J connectivity index is 2.00. The lowest BCUT2D eigenvalue weighted by Crippen LogP contribution is -2.33. The molecule has 1 amide bonds. The van der Waals surface area contributed by atoms with Gasteiger partial charge in [-0.3, -0.25) is 14.2 Å². The standard InChI is InChI=1S/C20H22N4O5/c1-4-12-9-7-8-10-13(12)22-17(25)14(5-2)24-11-21-18-15(19(24)26)16(23-29-18)20(27)28-6-3/h7-11,14H,4-6H2,1-3H3,(H,22,25)/t14-/m0/s1. The zero-order valence-corrected chi connectivity index (χ0v) is 16.5. The molecule has 9 nitrogen and oxygen atoms in total. The molecule has 0 spiro atoms.